The van der Waals surface area contributed by atoms with Gasteiger partial charge in [-0.1, -0.05) is 0 Å². The van der Waals surface area contributed by atoms with Gasteiger partial charge in [0.25, 0.3) is 0 Å². The van der Waals surface area contributed by atoms with E-state index in [1.54, 1.807) is 7.11 Å². The normalized spacial score (nSPS) is 13.2. The second-order valence-electron chi connectivity index (χ2n) is 2.69. The van der Waals surface area contributed by atoms with Crippen molar-refractivity contribution in [3.8, 4) is 0 Å². The first-order valence-electron chi connectivity index (χ1n) is 4.09. The van der Waals surface area contributed by atoms with Gasteiger partial charge in [-0.2, -0.15) is 0 Å². The Morgan fingerprint density at radius 2 is 2.54 bits per heavy atom. The van der Waals surface area contributed by atoms with Crippen LogP contribution in [-0.4, -0.2) is 23.7 Å². The first-order valence-corrected chi connectivity index (χ1v) is 4.97. The monoisotopic (exact) mass is 202 g/mol. The molecular weight excluding hydrogens is 188 g/mol. The van der Waals surface area contributed by atoms with E-state index in [9.17, 15) is 5.11 Å². The number of thiazole rings is 1. The maximum absolute atomic E-state index is 9.53. The quantitative estimate of drug-likeness (QED) is 0.736. The molecule has 0 bridgehead atoms. The molecule has 0 radical (unpaired) electrons. The summed E-state index contributed by atoms with van der Waals surface area (Å²) in [6.07, 6.45) is 0.0164. The number of hydrogen-bond acceptors (Lipinski definition) is 5. The standard InChI is InChI=1S/C8H14N2O2S/c1-12-4-8-10-6(5-13-8)7(11)2-3-9/h5,7,11H,2-4,9H2,1H3. The molecule has 0 saturated heterocycles. The molecule has 0 amide bonds. The Morgan fingerprint density at radius 1 is 1.77 bits per heavy atom. The summed E-state index contributed by atoms with van der Waals surface area (Å²) < 4.78 is 4.92. The van der Waals surface area contributed by atoms with Gasteiger partial charge in [-0.25, -0.2) is 4.98 Å². The van der Waals surface area contributed by atoms with Crippen molar-refractivity contribution >= 4 is 11.3 Å². The van der Waals surface area contributed by atoms with Crippen LogP contribution in [0.15, 0.2) is 5.38 Å². The van der Waals surface area contributed by atoms with E-state index in [0.717, 1.165) is 5.01 Å². The van der Waals surface area contributed by atoms with E-state index in [0.29, 0.717) is 25.3 Å². The highest BCUT2D eigenvalue weighted by Gasteiger charge is 2.10. The van der Waals surface area contributed by atoms with Crippen molar-refractivity contribution in [2.45, 2.75) is 19.1 Å². The highest BCUT2D eigenvalue weighted by atomic mass is 32.1. The van der Waals surface area contributed by atoms with Gasteiger partial charge in [0.2, 0.25) is 0 Å². The largest absolute Gasteiger partial charge is 0.387 e. The predicted molar refractivity (Wildman–Crippen MR) is 51.5 cm³/mol. The van der Waals surface area contributed by atoms with E-state index in [1.165, 1.54) is 11.3 Å². The molecule has 5 heteroatoms. The predicted octanol–water partition coefficient (Wildman–Crippen LogP) is 0.672. The lowest BCUT2D eigenvalue weighted by Crippen LogP contribution is -2.07. The molecule has 1 rings (SSSR count). The molecule has 1 heterocycles. The second kappa shape index (κ2) is 5.29. The number of aliphatic hydroxyl groups excluding tert-OH is 1. The number of hydrogen-bond donors (Lipinski definition) is 2. The van der Waals surface area contributed by atoms with E-state index in [-0.39, 0.29) is 0 Å². The van der Waals surface area contributed by atoms with E-state index in [4.69, 9.17) is 10.5 Å². The fourth-order valence-corrected chi connectivity index (χ4v) is 1.78. The van der Waals surface area contributed by atoms with Crippen molar-refractivity contribution in [1.82, 2.24) is 4.98 Å². The molecule has 1 aromatic rings. The van der Waals surface area contributed by atoms with Crippen LogP contribution in [-0.2, 0) is 11.3 Å². The fourth-order valence-electron chi connectivity index (χ4n) is 0.974. The van der Waals surface area contributed by atoms with Gasteiger partial charge in [-0.05, 0) is 13.0 Å². The molecule has 13 heavy (non-hydrogen) atoms. The van der Waals surface area contributed by atoms with Gasteiger partial charge in [0.15, 0.2) is 0 Å². The minimum Gasteiger partial charge on any atom is -0.387 e. The second-order valence-corrected chi connectivity index (χ2v) is 3.63. The van der Waals surface area contributed by atoms with Gasteiger partial charge in [-0.15, -0.1) is 11.3 Å². The zero-order valence-electron chi connectivity index (χ0n) is 7.56. The summed E-state index contributed by atoms with van der Waals surface area (Å²) >= 11 is 1.49. The Hall–Kier alpha value is -0.490. The van der Waals surface area contributed by atoms with Crippen LogP contribution in [0, 0.1) is 0 Å². The van der Waals surface area contributed by atoms with Crippen molar-refractivity contribution in [3.05, 3.63) is 16.1 Å². The van der Waals surface area contributed by atoms with E-state index < -0.39 is 6.10 Å². The third kappa shape index (κ3) is 3.04. The molecule has 1 atom stereocenters. The van der Waals surface area contributed by atoms with Crippen molar-refractivity contribution in [2.24, 2.45) is 5.73 Å². The maximum atomic E-state index is 9.53. The zero-order valence-corrected chi connectivity index (χ0v) is 8.38. The highest BCUT2D eigenvalue weighted by molar-refractivity contribution is 7.09. The Balaban J connectivity index is 2.56. The number of rotatable bonds is 5. The van der Waals surface area contributed by atoms with Crippen molar-refractivity contribution in [2.75, 3.05) is 13.7 Å². The summed E-state index contributed by atoms with van der Waals surface area (Å²) in [7, 11) is 1.62. The summed E-state index contributed by atoms with van der Waals surface area (Å²) in [6.45, 7) is 0.971. The first-order chi connectivity index (χ1) is 6.27. The van der Waals surface area contributed by atoms with Gasteiger partial charge in [0.05, 0.1) is 18.4 Å². The highest BCUT2D eigenvalue weighted by Crippen LogP contribution is 2.19. The average molecular weight is 202 g/mol. The van der Waals surface area contributed by atoms with Crippen LogP contribution in [0.4, 0.5) is 0 Å². The van der Waals surface area contributed by atoms with Gasteiger partial charge < -0.3 is 15.6 Å². The number of aromatic nitrogens is 1. The van der Waals surface area contributed by atoms with Crippen LogP contribution in [0.25, 0.3) is 0 Å². The molecule has 74 valence electrons. The minimum absolute atomic E-state index is 0.471. The summed E-state index contributed by atoms with van der Waals surface area (Å²) in [6, 6.07) is 0. The Kier molecular flexibility index (Phi) is 4.31. The lowest BCUT2D eigenvalue weighted by Gasteiger charge is -2.04. The number of nitrogens with zero attached hydrogens (tertiary/aromatic N) is 1. The Labute approximate surface area is 81.4 Å². The van der Waals surface area contributed by atoms with Crippen LogP contribution >= 0.6 is 11.3 Å². The zero-order chi connectivity index (χ0) is 9.68. The third-order valence-electron chi connectivity index (χ3n) is 1.62. The molecule has 1 aromatic heterocycles. The van der Waals surface area contributed by atoms with Crippen molar-refractivity contribution in [3.63, 3.8) is 0 Å². The molecule has 0 saturated carbocycles. The molecule has 0 spiro atoms. The van der Waals surface area contributed by atoms with Crippen LogP contribution in [0.1, 0.15) is 23.2 Å². The smallest absolute Gasteiger partial charge is 0.119 e. The van der Waals surface area contributed by atoms with E-state index >= 15 is 0 Å². The number of aliphatic hydroxyl groups is 1. The van der Waals surface area contributed by atoms with Crippen LogP contribution in [0.3, 0.4) is 0 Å². The van der Waals surface area contributed by atoms with Crippen molar-refractivity contribution < 1.29 is 9.84 Å². The molecule has 4 nitrogen and oxygen atoms in total. The van der Waals surface area contributed by atoms with Crippen molar-refractivity contribution in [1.29, 1.82) is 0 Å². The molecule has 0 fully saturated rings. The number of ether oxygens (including phenoxy) is 1. The summed E-state index contributed by atoms with van der Waals surface area (Å²) in [5.74, 6) is 0. The minimum atomic E-state index is -0.535. The summed E-state index contributed by atoms with van der Waals surface area (Å²) in [5, 5.41) is 12.3. The van der Waals surface area contributed by atoms with E-state index in [1.807, 2.05) is 5.38 Å². The number of methoxy groups -OCH3 is 1. The topological polar surface area (TPSA) is 68.4 Å². The Morgan fingerprint density at radius 3 is 3.15 bits per heavy atom. The first kappa shape index (κ1) is 10.6. The third-order valence-corrected chi connectivity index (χ3v) is 2.46. The molecule has 1 unspecified atom stereocenters. The van der Waals surface area contributed by atoms with Gasteiger partial charge >= 0.3 is 0 Å². The van der Waals surface area contributed by atoms with Gasteiger partial charge in [-0.3, -0.25) is 0 Å². The fraction of sp³-hybridized carbons (Fsp3) is 0.625. The van der Waals surface area contributed by atoms with Gasteiger partial charge in [0.1, 0.15) is 5.01 Å². The van der Waals surface area contributed by atoms with Crippen LogP contribution < -0.4 is 5.73 Å². The average Bonchev–Trinajstić information content (AvgIpc) is 2.54. The molecule has 0 aliphatic heterocycles. The summed E-state index contributed by atoms with van der Waals surface area (Å²) in [5.41, 5.74) is 6.02. The molecule has 0 aliphatic rings. The maximum Gasteiger partial charge on any atom is 0.119 e. The molecule has 3 N–H and O–H groups in total. The Bertz CT molecular complexity index is 252. The SMILES string of the molecule is COCc1nc(C(O)CCN)cs1. The van der Waals surface area contributed by atoms with Crippen LogP contribution in [0.2, 0.25) is 0 Å². The number of nitrogens with two attached hydrogens (primary N) is 1. The van der Waals surface area contributed by atoms with Gasteiger partial charge in [0, 0.05) is 12.5 Å². The summed E-state index contributed by atoms with van der Waals surface area (Å²) in [4.78, 5) is 4.21. The molecule has 0 aliphatic carbocycles. The molecule has 0 aromatic carbocycles. The lowest BCUT2D eigenvalue weighted by molar-refractivity contribution is 0.163. The molecular formula is C8H14N2O2S. The van der Waals surface area contributed by atoms with E-state index in [2.05, 4.69) is 4.98 Å². The lowest BCUT2D eigenvalue weighted by atomic mass is 10.2. The van der Waals surface area contributed by atoms with Crippen LogP contribution in [0.5, 0.6) is 0 Å².